The molecular formula is C16H16N2O2. The van der Waals surface area contributed by atoms with E-state index < -0.39 is 0 Å². The Morgan fingerprint density at radius 1 is 1.30 bits per heavy atom. The summed E-state index contributed by atoms with van der Waals surface area (Å²) >= 11 is 0. The van der Waals surface area contributed by atoms with E-state index >= 15 is 0 Å². The zero-order valence-electron chi connectivity index (χ0n) is 11.4. The van der Waals surface area contributed by atoms with Gasteiger partial charge in [0.2, 0.25) is 0 Å². The maximum absolute atomic E-state index is 12.6. The number of ketones is 1. The van der Waals surface area contributed by atoms with Crippen LogP contribution in [0.4, 0.5) is 0 Å². The van der Waals surface area contributed by atoms with Gasteiger partial charge in [-0.05, 0) is 12.1 Å². The molecule has 0 N–H and O–H groups in total. The molecule has 1 amide bonds. The van der Waals surface area contributed by atoms with Crippen molar-refractivity contribution >= 4 is 22.6 Å². The number of hydrogen-bond donors (Lipinski definition) is 0. The summed E-state index contributed by atoms with van der Waals surface area (Å²) in [7, 11) is 0. The highest BCUT2D eigenvalue weighted by Crippen LogP contribution is 2.20. The number of piperidine rings is 1. The van der Waals surface area contributed by atoms with E-state index in [1.807, 2.05) is 31.2 Å². The van der Waals surface area contributed by atoms with Crippen molar-refractivity contribution in [3.63, 3.8) is 0 Å². The van der Waals surface area contributed by atoms with Gasteiger partial charge in [-0.3, -0.25) is 14.6 Å². The fourth-order valence-electron chi connectivity index (χ4n) is 2.65. The Morgan fingerprint density at radius 2 is 2.10 bits per heavy atom. The number of rotatable bonds is 1. The fourth-order valence-corrected chi connectivity index (χ4v) is 2.65. The molecule has 20 heavy (non-hydrogen) atoms. The Labute approximate surface area is 117 Å². The van der Waals surface area contributed by atoms with Crippen molar-refractivity contribution in [1.82, 2.24) is 9.88 Å². The average Bonchev–Trinajstić information content (AvgIpc) is 2.49. The van der Waals surface area contributed by atoms with Crippen LogP contribution in [-0.4, -0.2) is 34.7 Å². The van der Waals surface area contributed by atoms with Crippen molar-refractivity contribution < 1.29 is 9.59 Å². The fraction of sp³-hybridized carbons (Fsp3) is 0.312. The number of aromatic nitrogens is 1. The number of hydrogen-bond acceptors (Lipinski definition) is 3. The quantitative estimate of drug-likeness (QED) is 0.797. The first kappa shape index (κ1) is 12.8. The Kier molecular flexibility index (Phi) is 3.22. The SMILES string of the molecule is CC1CN(C(=O)c2cccc3cccnc23)CCC1=O. The van der Waals surface area contributed by atoms with Gasteiger partial charge in [0.05, 0.1) is 11.1 Å². The Balaban J connectivity index is 1.95. The van der Waals surface area contributed by atoms with Gasteiger partial charge in [-0.15, -0.1) is 0 Å². The van der Waals surface area contributed by atoms with Gasteiger partial charge in [0.25, 0.3) is 5.91 Å². The van der Waals surface area contributed by atoms with Gasteiger partial charge >= 0.3 is 0 Å². The van der Waals surface area contributed by atoms with E-state index in [4.69, 9.17) is 0 Å². The monoisotopic (exact) mass is 268 g/mol. The van der Waals surface area contributed by atoms with Gasteiger partial charge in [0.1, 0.15) is 5.78 Å². The van der Waals surface area contributed by atoms with Crippen molar-refractivity contribution in [1.29, 1.82) is 0 Å². The second-order valence-corrected chi connectivity index (χ2v) is 5.25. The van der Waals surface area contributed by atoms with Crippen molar-refractivity contribution in [3.05, 3.63) is 42.1 Å². The Morgan fingerprint density at radius 3 is 2.90 bits per heavy atom. The summed E-state index contributed by atoms with van der Waals surface area (Å²) in [5.41, 5.74) is 1.34. The minimum Gasteiger partial charge on any atom is -0.337 e. The molecule has 1 aromatic heterocycles. The van der Waals surface area contributed by atoms with Crippen LogP contribution in [0.1, 0.15) is 23.7 Å². The lowest BCUT2D eigenvalue weighted by Gasteiger charge is -2.30. The number of amides is 1. The van der Waals surface area contributed by atoms with Crippen LogP contribution in [0.5, 0.6) is 0 Å². The van der Waals surface area contributed by atoms with Crippen molar-refractivity contribution in [2.75, 3.05) is 13.1 Å². The largest absolute Gasteiger partial charge is 0.337 e. The molecule has 1 unspecified atom stereocenters. The maximum Gasteiger partial charge on any atom is 0.256 e. The summed E-state index contributed by atoms with van der Waals surface area (Å²) in [6.07, 6.45) is 2.15. The first-order valence-corrected chi connectivity index (χ1v) is 6.82. The van der Waals surface area contributed by atoms with Gasteiger partial charge < -0.3 is 4.90 Å². The summed E-state index contributed by atoms with van der Waals surface area (Å²) in [6.45, 7) is 2.88. The van der Waals surface area contributed by atoms with Crippen LogP contribution in [-0.2, 0) is 4.79 Å². The van der Waals surface area contributed by atoms with Crippen molar-refractivity contribution in [2.45, 2.75) is 13.3 Å². The topological polar surface area (TPSA) is 50.3 Å². The zero-order chi connectivity index (χ0) is 14.1. The molecule has 1 aromatic carbocycles. The Hall–Kier alpha value is -2.23. The van der Waals surface area contributed by atoms with Gasteiger partial charge in [0, 0.05) is 37.0 Å². The van der Waals surface area contributed by atoms with E-state index in [1.54, 1.807) is 17.2 Å². The molecule has 4 heteroatoms. The van der Waals surface area contributed by atoms with E-state index in [0.717, 1.165) is 10.9 Å². The smallest absolute Gasteiger partial charge is 0.256 e. The summed E-state index contributed by atoms with van der Waals surface area (Å²) < 4.78 is 0. The molecular weight excluding hydrogens is 252 g/mol. The predicted molar refractivity (Wildman–Crippen MR) is 76.4 cm³/mol. The highest BCUT2D eigenvalue weighted by Gasteiger charge is 2.28. The molecule has 4 nitrogen and oxygen atoms in total. The molecule has 1 aliphatic heterocycles. The first-order chi connectivity index (χ1) is 9.66. The third-order valence-corrected chi connectivity index (χ3v) is 3.82. The molecule has 102 valence electrons. The molecule has 0 saturated carbocycles. The van der Waals surface area contributed by atoms with Crippen LogP contribution >= 0.6 is 0 Å². The molecule has 2 aromatic rings. The molecule has 1 fully saturated rings. The van der Waals surface area contributed by atoms with Crippen molar-refractivity contribution in [2.24, 2.45) is 5.92 Å². The summed E-state index contributed by atoms with van der Waals surface area (Å²) in [5, 5.41) is 0.958. The van der Waals surface area contributed by atoms with Gasteiger partial charge in [-0.25, -0.2) is 0 Å². The van der Waals surface area contributed by atoms with Crippen LogP contribution in [0.15, 0.2) is 36.5 Å². The second kappa shape index (κ2) is 5.04. The third-order valence-electron chi connectivity index (χ3n) is 3.82. The van der Waals surface area contributed by atoms with Gasteiger partial charge in [-0.2, -0.15) is 0 Å². The summed E-state index contributed by atoms with van der Waals surface area (Å²) in [4.78, 5) is 30.3. The van der Waals surface area contributed by atoms with E-state index in [2.05, 4.69) is 4.98 Å². The van der Waals surface area contributed by atoms with E-state index in [-0.39, 0.29) is 17.6 Å². The van der Waals surface area contributed by atoms with E-state index in [0.29, 0.717) is 25.1 Å². The number of carbonyl (C=O) groups excluding carboxylic acids is 2. The molecule has 0 radical (unpaired) electrons. The molecule has 0 spiro atoms. The lowest BCUT2D eigenvalue weighted by atomic mass is 9.97. The van der Waals surface area contributed by atoms with E-state index in [1.165, 1.54) is 0 Å². The van der Waals surface area contributed by atoms with Crippen molar-refractivity contribution in [3.8, 4) is 0 Å². The minimum atomic E-state index is -0.0735. The normalized spacial score (nSPS) is 19.4. The second-order valence-electron chi connectivity index (χ2n) is 5.25. The number of nitrogens with zero attached hydrogens (tertiary/aromatic N) is 2. The van der Waals surface area contributed by atoms with Gasteiger partial charge in [-0.1, -0.05) is 25.1 Å². The lowest BCUT2D eigenvalue weighted by molar-refractivity contribution is -0.124. The molecule has 0 bridgehead atoms. The van der Waals surface area contributed by atoms with Crippen LogP contribution in [0, 0.1) is 5.92 Å². The van der Waals surface area contributed by atoms with Crippen LogP contribution in [0.3, 0.4) is 0 Å². The maximum atomic E-state index is 12.6. The van der Waals surface area contributed by atoms with E-state index in [9.17, 15) is 9.59 Å². The van der Waals surface area contributed by atoms with Crippen LogP contribution in [0.25, 0.3) is 10.9 Å². The van der Waals surface area contributed by atoms with Crippen LogP contribution < -0.4 is 0 Å². The molecule has 3 rings (SSSR count). The third kappa shape index (κ3) is 2.18. The molecule has 1 aliphatic rings. The number of likely N-dealkylation sites (tertiary alicyclic amines) is 1. The molecule has 2 heterocycles. The summed E-state index contributed by atoms with van der Waals surface area (Å²) in [6, 6.07) is 9.43. The molecule has 1 atom stereocenters. The lowest BCUT2D eigenvalue weighted by Crippen LogP contribution is -2.43. The number of para-hydroxylation sites is 1. The average molecular weight is 268 g/mol. The predicted octanol–water partition coefficient (Wildman–Crippen LogP) is 2.29. The first-order valence-electron chi connectivity index (χ1n) is 6.82. The standard InChI is InChI=1S/C16H16N2O2/c1-11-10-18(9-7-14(11)19)16(20)13-6-2-4-12-5-3-8-17-15(12)13/h2-6,8,11H,7,9-10H2,1H3. The number of benzene rings is 1. The van der Waals surface area contributed by atoms with Crippen LogP contribution in [0.2, 0.25) is 0 Å². The Bertz CT molecular complexity index is 676. The minimum absolute atomic E-state index is 0.0337. The number of fused-ring (bicyclic) bond motifs is 1. The zero-order valence-corrected chi connectivity index (χ0v) is 11.4. The number of Topliss-reactive ketones (excluding diaryl/α,β-unsaturated/α-hetero) is 1. The number of pyridine rings is 1. The highest BCUT2D eigenvalue weighted by molar-refractivity contribution is 6.05. The highest BCUT2D eigenvalue weighted by atomic mass is 16.2. The summed E-state index contributed by atoms with van der Waals surface area (Å²) in [5.74, 6) is 0.134. The number of carbonyl (C=O) groups is 2. The molecule has 0 aliphatic carbocycles. The molecule has 1 saturated heterocycles. The van der Waals surface area contributed by atoms with Gasteiger partial charge in [0.15, 0.2) is 0 Å².